The van der Waals surface area contributed by atoms with Crippen LogP contribution in [0, 0.1) is 0 Å². The molecule has 8 heteroatoms. The van der Waals surface area contributed by atoms with Gasteiger partial charge in [0.25, 0.3) is 5.56 Å². The Balaban J connectivity index is 1.36. The molecule has 2 heterocycles. The number of ketones is 1. The van der Waals surface area contributed by atoms with E-state index in [1.807, 2.05) is 60.0 Å². The molecule has 0 aliphatic heterocycles. The van der Waals surface area contributed by atoms with Crippen molar-refractivity contribution in [1.29, 1.82) is 0 Å². The van der Waals surface area contributed by atoms with Gasteiger partial charge in [-0.15, -0.1) is 11.3 Å². The van der Waals surface area contributed by atoms with Crippen LogP contribution in [0.15, 0.2) is 82.1 Å². The summed E-state index contributed by atoms with van der Waals surface area (Å²) in [5.74, 6) is 0.128. The van der Waals surface area contributed by atoms with Gasteiger partial charge in [0.2, 0.25) is 5.91 Å². The third kappa shape index (κ3) is 6.21. The Morgan fingerprint density at radius 2 is 1.74 bits per heavy atom. The average Bonchev–Trinajstić information content (AvgIpc) is 3.34. The van der Waals surface area contributed by atoms with Gasteiger partial charge in [0.1, 0.15) is 4.70 Å². The second kappa shape index (κ2) is 11.8. The number of hydrogen-bond acceptors (Lipinski definition) is 6. The molecule has 0 fully saturated rings. The van der Waals surface area contributed by atoms with Crippen molar-refractivity contribution in [3.8, 4) is 0 Å². The maximum atomic E-state index is 13.1. The summed E-state index contributed by atoms with van der Waals surface area (Å²) in [4.78, 5) is 42.5. The van der Waals surface area contributed by atoms with Crippen molar-refractivity contribution in [1.82, 2.24) is 14.9 Å². The van der Waals surface area contributed by atoms with Crippen LogP contribution in [0.3, 0.4) is 0 Å². The molecule has 0 saturated carbocycles. The van der Waals surface area contributed by atoms with Crippen molar-refractivity contribution in [2.24, 2.45) is 0 Å². The summed E-state index contributed by atoms with van der Waals surface area (Å²) in [7, 11) is 0. The van der Waals surface area contributed by atoms with Gasteiger partial charge < -0.3 is 5.32 Å². The maximum Gasteiger partial charge on any atom is 0.272 e. The van der Waals surface area contributed by atoms with Crippen LogP contribution in [0.4, 0.5) is 0 Å². The van der Waals surface area contributed by atoms with Gasteiger partial charge in [0.05, 0.1) is 11.3 Å². The molecule has 4 aromatic rings. The molecule has 0 bridgehead atoms. The lowest BCUT2D eigenvalue weighted by Crippen LogP contribution is -2.27. The Bertz CT molecular complexity index is 1320. The third-order valence-corrected chi connectivity index (χ3v) is 7.19. The summed E-state index contributed by atoms with van der Waals surface area (Å²) in [6.07, 6.45) is 1.60. The number of nitrogens with zero attached hydrogens (tertiary/aromatic N) is 2. The molecule has 0 spiro atoms. The lowest BCUT2D eigenvalue weighted by Gasteiger charge is -2.12. The van der Waals surface area contributed by atoms with E-state index in [9.17, 15) is 14.4 Å². The zero-order valence-corrected chi connectivity index (χ0v) is 20.2. The number of aromatic nitrogens is 2. The van der Waals surface area contributed by atoms with Crippen LogP contribution in [0.2, 0.25) is 0 Å². The maximum absolute atomic E-state index is 13.1. The number of carbonyl (C=O) groups is 2. The van der Waals surface area contributed by atoms with Gasteiger partial charge in [-0.1, -0.05) is 72.4 Å². The zero-order valence-electron chi connectivity index (χ0n) is 18.6. The molecule has 0 aliphatic carbocycles. The van der Waals surface area contributed by atoms with Gasteiger partial charge in [-0.3, -0.25) is 19.0 Å². The van der Waals surface area contributed by atoms with E-state index in [4.69, 9.17) is 0 Å². The van der Waals surface area contributed by atoms with Gasteiger partial charge in [-0.2, -0.15) is 0 Å². The van der Waals surface area contributed by atoms with E-state index in [1.165, 1.54) is 28.7 Å². The van der Waals surface area contributed by atoms with Crippen LogP contribution in [0.25, 0.3) is 10.2 Å². The fourth-order valence-corrected chi connectivity index (χ4v) is 5.24. The monoisotopic (exact) mass is 491 g/mol. The fourth-order valence-electron chi connectivity index (χ4n) is 3.55. The number of amides is 1. The molecule has 4 rings (SSSR count). The highest BCUT2D eigenvalue weighted by Gasteiger charge is 2.15. The Kier molecular flexibility index (Phi) is 8.27. The van der Waals surface area contributed by atoms with Crippen molar-refractivity contribution in [3.05, 3.63) is 93.6 Å². The van der Waals surface area contributed by atoms with Crippen LogP contribution >= 0.6 is 23.1 Å². The lowest BCUT2D eigenvalue weighted by molar-refractivity contribution is -0.121. The predicted molar refractivity (Wildman–Crippen MR) is 138 cm³/mol. The summed E-state index contributed by atoms with van der Waals surface area (Å²) in [6.45, 7) is 0.946. The average molecular weight is 492 g/mol. The van der Waals surface area contributed by atoms with Gasteiger partial charge in [-0.25, -0.2) is 4.98 Å². The molecule has 0 saturated heterocycles. The van der Waals surface area contributed by atoms with Crippen LogP contribution in [0.5, 0.6) is 0 Å². The first-order valence-corrected chi connectivity index (χ1v) is 13.0. The number of nitrogens with one attached hydrogen (secondary N) is 1. The Morgan fingerprint density at radius 1 is 1.00 bits per heavy atom. The van der Waals surface area contributed by atoms with Crippen molar-refractivity contribution in [2.45, 2.75) is 31.0 Å². The highest BCUT2D eigenvalue weighted by molar-refractivity contribution is 7.99. The molecule has 2 aromatic heterocycles. The smallest absolute Gasteiger partial charge is 0.272 e. The van der Waals surface area contributed by atoms with E-state index in [1.54, 1.807) is 16.7 Å². The molecular weight excluding hydrogens is 466 g/mol. The highest BCUT2D eigenvalue weighted by Crippen LogP contribution is 2.22. The van der Waals surface area contributed by atoms with Crippen molar-refractivity contribution in [2.75, 3.05) is 12.3 Å². The van der Waals surface area contributed by atoms with E-state index >= 15 is 0 Å². The number of benzene rings is 2. The number of Topliss-reactive ketones (excluding diaryl/α,β-unsaturated/α-hetero) is 1. The molecule has 0 radical (unpaired) electrons. The van der Waals surface area contributed by atoms with Gasteiger partial charge >= 0.3 is 0 Å². The number of thiophene rings is 1. The van der Waals surface area contributed by atoms with Crippen LogP contribution in [0.1, 0.15) is 28.8 Å². The summed E-state index contributed by atoms with van der Waals surface area (Å²) in [6, 6.07) is 20.9. The van der Waals surface area contributed by atoms with Gasteiger partial charge in [-0.05, 0) is 29.9 Å². The molecular formula is C26H25N3O3S2. The molecule has 0 aliphatic rings. The van der Waals surface area contributed by atoms with Gasteiger partial charge in [0.15, 0.2) is 10.9 Å². The molecule has 1 N–H and O–H groups in total. The van der Waals surface area contributed by atoms with Crippen molar-refractivity contribution in [3.63, 3.8) is 0 Å². The Morgan fingerprint density at radius 3 is 2.50 bits per heavy atom. The minimum Gasteiger partial charge on any atom is -0.356 e. The van der Waals surface area contributed by atoms with Gasteiger partial charge in [0, 0.05) is 25.1 Å². The number of fused-ring (bicyclic) bond motifs is 1. The van der Waals surface area contributed by atoms with Crippen LogP contribution in [-0.4, -0.2) is 33.5 Å². The minimum atomic E-state index is -0.126. The van der Waals surface area contributed by atoms with E-state index in [0.717, 1.165) is 6.42 Å². The van der Waals surface area contributed by atoms with E-state index in [0.29, 0.717) is 46.9 Å². The van der Waals surface area contributed by atoms with E-state index in [2.05, 4.69) is 10.3 Å². The summed E-state index contributed by atoms with van der Waals surface area (Å²) in [5, 5.41) is 5.29. The molecule has 6 nitrogen and oxygen atoms in total. The van der Waals surface area contributed by atoms with E-state index < -0.39 is 0 Å². The quantitative estimate of drug-likeness (QED) is 0.189. The molecule has 174 valence electrons. The lowest BCUT2D eigenvalue weighted by atomic mass is 10.1. The first kappa shape index (κ1) is 23.9. The molecule has 34 heavy (non-hydrogen) atoms. The standard InChI is InChI=1S/C26H25N3O3S2/c30-22(20-10-5-2-6-11-20)18-34-26-28-21-14-17-33-24(21)25(32)29(26)16-7-12-23(31)27-15-13-19-8-3-1-4-9-19/h1-6,8-11,14,17H,7,12-13,15-16,18H2,(H,27,31). The van der Waals surface area contributed by atoms with Crippen LogP contribution < -0.4 is 10.9 Å². The first-order chi connectivity index (χ1) is 16.6. The molecule has 2 aromatic carbocycles. The number of rotatable bonds is 11. The molecule has 0 unspecified atom stereocenters. The number of thioether (sulfide) groups is 1. The predicted octanol–water partition coefficient (Wildman–Crippen LogP) is 4.57. The van der Waals surface area contributed by atoms with Crippen molar-refractivity contribution >= 4 is 45.0 Å². The molecule has 0 atom stereocenters. The van der Waals surface area contributed by atoms with E-state index in [-0.39, 0.29) is 23.0 Å². The molecule has 1 amide bonds. The fraction of sp³-hybridized carbons (Fsp3) is 0.231. The number of hydrogen-bond donors (Lipinski definition) is 1. The normalized spacial score (nSPS) is 10.9. The topological polar surface area (TPSA) is 81.1 Å². The van der Waals surface area contributed by atoms with Crippen molar-refractivity contribution < 1.29 is 9.59 Å². The summed E-state index contributed by atoms with van der Waals surface area (Å²) >= 11 is 2.61. The Hall–Kier alpha value is -3.23. The second-order valence-corrected chi connectivity index (χ2v) is 9.61. The van der Waals surface area contributed by atoms with Crippen LogP contribution in [-0.2, 0) is 17.8 Å². The SMILES string of the molecule is O=C(CCCn1c(SCC(=O)c2ccccc2)nc2ccsc2c1=O)NCCc1ccccc1. The largest absolute Gasteiger partial charge is 0.356 e. The minimum absolute atomic E-state index is 0.0189. The second-order valence-electron chi connectivity index (χ2n) is 7.75. The third-order valence-electron chi connectivity index (χ3n) is 5.32. The zero-order chi connectivity index (χ0) is 23.8. The highest BCUT2D eigenvalue weighted by atomic mass is 32.2. The number of carbonyl (C=O) groups excluding carboxylic acids is 2. The summed E-state index contributed by atoms with van der Waals surface area (Å²) < 4.78 is 2.19. The Labute approximate surface area is 206 Å². The summed E-state index contributed by atoms with van der Waals surface area (Å²) in [5.41, 5.74) is 2.32. The first-order valence-electron chi connectivity index (χ1n) is 11.1.